The molecule has 1 aromatic heterocycles. The molecule has 0 saturated heterocycles. The van der Waals surface area contributed by atoms with Crippen LogP contribution in [0, 0.1) is 12.3 Å². The van der Waals surface area contributed by atoms with Gasteiger partial charge in [0.2, 0.25) is 5.91 Å². The first-order chi connectivity index (χ1) is 7.33. The lowest BCUT2D eigenvalue weighted by molar-refractivity contribution is -0.125. The van der Waals surface area contributed by atoms with Crippen LogP contribution in [0.4, 0.5) is 0 Å². The minimum Gasteiger partial charge on any atom is -0.369 e. The highest BCUT2D eigenvalue weighted by Crippen LogP contribution is 2.18. The Morgan fingerprint density at radius 1 is 1.69 bits per heavy atom. The Bertz CT molecular complexity index is 373. The van der Waals surface area contributed by atoms with Crippen LogP contribution in [0.3, 0.4) is 0 Å². The predicted octanol–water partition coefficient (Wildman–Crippen LogP) is 1.61. The Balaban J connectivity index is 2.53. The van der Waals surface area contributed by atoms with Gasteiger partial charge in [0, 0.05) is 18.0 Å². The second-order valence-electron chi connectivity index (χ2n) is 4.64. The molecule has 0 saturated carbocycles. The first kappa shape index (κ1) is 13.1. The van der Waals surface area contributed by atoms with Crippen molar-refractivity contribution in [1.82, 2.24) is 10.3 Å². The highest BCUT2D eigenvalue weighted by Gasteiger charge is 2.25. The fourth-order valence-corrected chi connectivity index (χ4v) is 1.89. The van der Waals surface area contributed by atoms with Crippen molar-refractivity contribution in [2.75, 3.05) is 6.54 Å². The summed E-state index contributed by atoms with van der Waals surface area (Å²) in [4.78, 5) is 15.5. The van der Waals surface area contributed by atoms with Crippen molar-refractivity contribution in [2.45, 2.75) is 33.7 Å². The molecule has 3 N–H and O–H groups in total. The molecule has 0 aliphatic rings. The highest BCUT2D eigenvalue weighted by molar-refractivity contribution is 7.09. The van der Waals surface area contributed by atoms with Gasteiger partial charge in [0.15, 0.2) is 0 Å². The zero-order chi connectivity index (χ0) is 12.3. The lowest BCUT2D eigenvalue weighted by atomic mass is 9.92. The van der Waals surface area contributed by atoms with E-state index >= 15 is 0 Å². The average molecular weight is 241 g/mol. The number of nitrogens with one attached hydrogen (secondary N) is 1. The number of amides is 1. The molecule has 0 aromatic carbocycles. The van der Waals surface area contributed by atoms with Crippen LogP contribution in [0.25, 0.3) is 0 Å². The monoisotopic (exact) mass is 241 g/mol. The number of primary amides is 1. The SMILES string of the molecule is Cc1nc(C(C)NCC(C)(C)C(N)=O)cs1. The van der Waals surface area contributed by atoms with Gasteiger partial charge >= 0.3 is 0 Å². The Kier molecular flexibility index (Phi) is 4.04. The van der Waals surface area contributed by atoms with Gasteiger partial charge in [0.1, 0.15) is 0 Å². The van der Waals surface area contributed by atoms with Crippen molar-refractivity contribution in [3.05, 3.63) is 16.1 Å². The van der Waals surface area contributed by atoms with Crippen LogP contribution in [0.1, 0.15) is 37.5 Å². The number of nitrogens with zero attached hydrogens (tertiary/aromatic N) is 1. The number of carbonyl (C=O) groups excluding carboxylic acids is 1. The van der Waals surface area contributed by atoms with E-state index in [1.165, 1.54) is 0 Å². The molecular formula is C11H19N3OS. The molecule has 1 aromatic rings. The van der Waals surface area contributed by atoms with E-state index in [1.54, 1.807) is 11.3 Å². The van der Waals surface area contributed by atoms with Gasteiger partial charge in [-0.2, -0.15) is 0 Å². The molecule has 1 rings (SSSR count). The first-order valence-corrected chi connectivity index (χ1v) is 6.16. The minimum atomic E-state index is -0.528. The molecule has 1 atom stereocenters. The van der Waals surface area contributed by atoms with Crippen LogP contribution in [-0.4, -0.2) is 17.4 Å². The van der Waals surface area contributed by atoms with Gasteiger partial charge in [-0.05, 0) is 27.7 Å². The third-order valence-corrected chi connectivity index (χ3v) is 3.39. The van der Waals surface area contributed by atoms with Crippen molar-refractivity contribution in [3.8, 4) is 0 Å². The molecule has 1 amide bonds. The molecule has 4 nitrogen and oxygen atoms in total. The molecule has 0 radical (unpaired) electrons. The number of nitrogens with two attached hydrogens (primary N) is 1. The maximum Gasteiger partial charge on any atom is 0.224 e. The van der Waals surface area contributed by atoms with Gasteiger partial charge in [0.25, 0.3) is 0 Å². The Morgan fingerprint density at radius 2 is 2.31 bits per heavy atom. The number of rotatable bonds is 5. The lowest BCUT2D eigenvalue weighted by Gasteiger charge is -2.23. The number of carbonyl (C=O) groups is 1. The summed E-state index contributed by atoms with van der Waals surface area (Å²) in [5, 5.41) is 6.36. The van der Waals surface area contributed by atoms with Crippen LogP contribution >= 0.6 is 11.3 Å². The molecule has 0 fully saturated rings. The van der Waals surface area contributed by atoms with E-state index < -0.39 is 5.41 Å². The minimum absolute atomic E-state index is 0.142. The van der Waals surface area contributed by atoms with Crippen molar-refractivity contribution >= 4 is 17.2 Å². The summed E-state index contributed by atoms with van der Waals surface area (Å²) in [5.74, 6) is -0.290. The maximum absolute atomic E-state index is 11.1. The van der Waals surface area contributed by atoms with Gasteiger partial charge in [-0.3, -0.25) is 4.79 Å². The molecule has 0 aliphatic heterocycles. The van der Waals surface area contributed by atoms with E-state index in [4.69, 9.17) is 5.73 Å². The van der Waals surface area contributed by atoms with E-state index in [1.807, 2.05) is 33.1 Å². The molecular weight excluding hydrogens is 222 g/mol. The maximum atomic E-state index is 11.1. The van der Waals surface area contributed by atoms with Crippen LogP contribution in [0.5, 0.6) is 0 Å². The number of aryl methyl sites for hydroxylation is 1. The molecule has 1 heterocycles. The second kappa shape index (κ2) is 4.93. The summed E-state index contributed by atoms with van der Waals surface area (Å²) < 4.78 is 0. The fraction of sp³-hybridized carbons (Fsp3) is 0.636. The van der Waals surface area contributed by atoms with Gasteiger partial charge in [0.05, 0.1) is 16.1 Å². The van der Waals surface area contributed by atoms with Gasteiger partial charge < -0.3 is 11.1 Å². The largest absolute Gasteiger partial charge is 0.369 e. The van der Waals surface area contributed by atoms with Crippen LogP contribution in [0.2, 0.25) is 0 Å². The molecule has 0 bridgehead atoms. The topological polar surface area (TPSA) is 68.0 Å². The van der Waals surface area contributed by atoms with E-state index in [9.17, 15) is 4.79 Å². The molecule has 5 heteroatoms. The van der Waals surface area contributed by atoms with E-state index in [0.717, 1.165) is 10.7 Å². The van der Waals surface area contributed by atoms with Crippen molar-refractivity contribution in [1.29, 1.82) is 0 Å². The summed E-state index contributed by atoms with van der Waals surface area (Å²) in [6.07, 6.45) is 0. The van der Waals surface area contributed by atoms with Crippen LogP contribution < -0.4 is 11.1 Å². The zero-order valence-electron chi connectivity index (χ0n) is 10.2. The van der Waals surface area contributed by atoms with Gasteiger partial charge in [-0.25, -0.2) is 4.98 Å². The van der Waals surface area contributed by atoms with Crippen LogP contribution in [-0.2, 0) is 4.79 Å². The summed E-state index contributed by atoms with van der Waals surface area (Å²) in [5.41, 5.74) is 5.79. The quantitative estimate of drug-likeness (QED) is 0.823. The summed E-state index contributed by atoms with van der Waals surface area (Å²) >= 11 is 1.63. The van der Waals surface area contributed by atoms with Crippen molar-refractivity contribution in [3.63, 3.8) is 0 Å². The number of aromatic nitrogens is 1. The molecule has 0 spiro atoms. The first-order valence-electron chi connectivity index (χ1n) is 5.28. The number of hydrogen-bond donors (Lipinski definition) is 2. The Hall–Kier alpha value is -0.940. The molecule has 16 heavy (non-hydrogen) atoms. The molecule has 0 aliphatic carbocycles. The summed E-state index contributed by atoms with van der Waals surface area (Å²) in [6.45, 7) is 8.24. The van der Waals surface area contributed by atoms with Crippen LogP contribution in [0.15, 0.2) is 5.38 Å². The smallest absolute Gasteiger partial charge is 0.224 e. The van der Waals surface area contributed by atoms with E-state index in [-0.39, 0.29) is 11.9 Å². The third-order valence-electron chi connectivity index (χ3n) is 2.60. The zero-order valence-corrected chi connectivity index (χ0v) is 11.0. The van der Waals surface area contributed by atoms with E-state index in [0.29, 0.717) is 6.54 Å². The highest BCUT2D eigenvalue weighted by atomic mass is 32.1. The van der Waals surface area contributed by atoms with Crippen molar-refractivity contribution in [2.24, 2.45) is 11.1 Å². The number of hydrogen-bond acceptors (Lipinski definition) is 4. The standard InChI is InChI=1S/C11H19N3OS/c1-7(9-5-16-8(2)14-9)13-6-11(3,4)10(12)15/h5,7,13H,6H2,1-4H3,(H2,12,15). The molecule has 90 valence electrons. The summed E-state index contributed by atoms with van der Waals surface area (Å²) in [7, 11) is 0. The average Bonchev–Trinajstić information content (AvgIpc) is 2.61. The Morgan fingerprint density at radius 3 is 2.75 bits per heavy atom. The van der Waals surface area contributed by atoms with E-state index in [2.05, 4.69) is 10.3 Å². The fourth-order valence-electron chi connectivity index (χ4n) is 1.18. The normalized spacial score (nSPS) is 13.8. The molecule has 1 unspecified atom stereocenters. The van der Waals surface area contributed by atoms with Gasteiger partial charge in [-0.1, -0.05) is 0 Å². The van der Waals surface area contributed by atoms with Gasteiger partial charge in [-0.15, -0.1) is 11.3 Å². The Labute approximate surface area is 100 Å². The lowest BCUT2D eigenvalue weighted by Crippen LogP contribution is -2.41. The number of thiazole rings is 1. The van der Waals surface area contributed by atoms with Crippen molar-refractivity contribution < 1.29 is 4.79 Å². The summed E-state index contributed by atoms with van der Waals surface area (Å²) in [6, 6.07) is 0.142. The third kappa shape index (κ3) is 3.28. The second-order valence-corrected chi connectivity index (χ2v) is 5.70. The predicted molar refractivity (Wildman–Crippen MR) is 66.2 cm³/mol.